The number of aromatic nitrogens is 3. The van der Waals surface area contributed by atoms with Crippen LogP contribution in [0.25, 0.3) is 27.9 Å². The van der Waals surface area contributed by atoms with Gasteiger partial charge >= 0.3 is 0 Å². The molecule has 2 heterocycles. The van der Waals surface area contributed by atoms with Gasteiger partial charge in [-0.05, 0) is 38.7 Å². The Bertz CT molecular complexity index is 1520. The molecular weight excluding hydrogens is 470 g/mol. The van der Waals surface area contributed by atoms with E-state index in [0.29, 0.717) is 24.5 Å². The van der Waals surface area contributed by atoms with Crippen LogP contribution in [0.4, 0.5) is 5.82 Å². The third-order valence-electron chi connectivity index (χ3n) is 6.77. The topological polar surface area (TPSA) is 103 Å². The number of nitrogen functional groups attached to an aromatic ring is 1. The van der Waals surface area contributed by atoms with Crippen LogP contribution in [-0.2, 0) is 27.9 Å². The van der Waals surface area contributed by atoms with Gasteiger partial charge in [-0.25, -0.2) is 9.97 Å². The molecule has 36 heavy (non-hydrogen) atoms. The van der Waals surface area contributed by atoms with Crippen LogP contribution in [0.15, 0.2) is 61.5 Å². The van der Waals surface area contributed by atoms with Crippen molar-refractivity contribution in [2.24, 2.45) is 7.05 Å². The second-order valence-electron chi connectivity index (χ2n) is 9.09. The summed E-state index contributed by atoms with van der Waals surface area (Å²) in [6.45, 7) is 9.96. The highest BCUT2D eigenvalue weighted by atomic mass is 32.2. The maximum Gasteiger partial charge on any atom is 0.243 e. The van der Waals surface area contributed by atoms with Gasteiger partial charge in [0.2, 0.25) is 5.91 Å². The summed E-state index contributed by atoms with van der Waals surface area (Å²) in [6.07, 6.45) is 9.57. The average molecular weight is 504 g/mol. The number of carbonyl (C=O) groups is 1. The van der Waals surface area contributed by atoms with Crippen molar-refractivity contribution in [1.29, 1.82) is 0 Å². The first-order valence-corrected chi connectivity index (χ1v) is 13.8. The molecule has 0 spiro atoms. The quantitative estimate of drug-likeness (QED) is 0.371. The van der Waals surface area contributed by atoms with E-state index in [0.717, 1.165) is 43.9 Å². The Kier molecular flexibility index (Phi) is 7.17. The number of carbonyl (C=O) groups excluding carboxylic acids is 1. The van der Waals surface area contributed by atoms with E-state index in [1.54, 1.807) is 0 Å². The maximum absolute atomic E-state index is 13.6. The van der Waals surface area contributed by atoms with Gasteiger partial charge in [-0.15, -0.1) is 0 Å². The minimum Gasteiger partial charge on any atom is -0.383 e. The number of allylic oxidation sites excluding steroid dienone is 4. The van der Waals surface area contributed by atoms with E-state index in [-0.39, 0.29) is 11.2 Å². The zero-order valence-electron chi connectivity index (χ0n) is 21.2. The van der Waals surface area contributed by atoms with Crippen molar-refractivity contribution < 1.29 is 9.00 Å². The molecule has 1 aliphatic rings. The Labute approximate surface area is 212 Å². The lowest BCUT2D eigenvalue weighted by atomic mass is 9.94. The largest absolute Gasteiger partial charge is 0.383 e. The fourth-order valence-electron chi connectivity index (χ4n) is 4.73. The number of aryl methyl sites for hydroxylation is 1. The number of amides is 1. The number of nitrogens with zero attached hydrogens (tertiary/aromatic N) is 3. The van der Waals surface area contributed by atoms with Crippen LogP contribution in [-0.4, -0.2) is 40.5 Å². The summed E-state index contributed by atoms with van der Waals surface area (Å²) in [5, 5.41) is 3.69. The van der Waals surface area contributed by atoms with Gasteiger partial charge in [-0.2, -0.15) is 0 Å². The molecule has 0 fully saturated rings. The number of rotatable bonds is 7. The first-order valence-electron chi connectivity index (χ1n) is 12.0. The van der Waals surface area contributed by atoms with Gasteiger partial charge in [0.15, 0.2) is 0 Å². The number of anilines is 1. The van der Waals surface area contributed by atoms with Crippen molar-refractivity contribution in [3.63, 3.8) is 0 Å². The van der Waals surface area contributed by atoms with E-state index < -0.39 is 9.52 Å². The zero-order chi connectivity index (χ0) is 26.0. The minimum atomic E-state index is -2.08. The van der Waals surface area contributed by atoms with Crippen molar-refractivity contribution in [3.05, 3.63) is 72.6 Å². The molecule has 8 heteroatoms. The van der Waals surface area contributed by atoms with Crippen molar-refractivity contribution in [2.45, 2.75) is 39.0 Å². The van der Waals surface area contributed by atoms with E-state index in [9.17, 15) is 9.00 Å². The second-order valence-corrected chi connectivity index (χ2v) is 12.6. The summed E-state index contributed by atoms with van der Waals surface area (Å²) < 4.78 is 15.6. The van der Waals surface area contributed by atoms with Crippen LogP contribution in [0.3, 0.4) is 0 Å². The SMILES string of the molecule is C=CC(=O)NCc1ccc(-c2c(C3=CCC(=S(=O)(CC)C(C)C)C=C3)c3c(N)ncnc3n2C)cc1. The number of nitrogens with one attached hydrogen (secondary N) is 1. The van der Waals surface area contributed by atoms with Crippen LogP contribution in [0.5, 0.6) is 0 Å². The molecule has 3 N–H and O–H groups in total. The van der Waals surface area contributed by atoms with Gasteiger partial charge in [0.1, 0.15) is 17.8 Å². The Morgan fingerprint density at radius 2 is 1.97 bits per heavy atom. The summed E-state index contributed by atoms with van der Waals surface area (Å²) in [5.74, 6) is 0.845. The predicted octanol–water partition coefficient (Wildman–Crippen LogP) is 4.25. The van der Waals surface area contributed by atoms with Gasteiger partial charge in [-0.1, -0.05) is 69.8 Å². The van der Waals surface area contributed by atoms with Crippen molar-refractivity contribution in [2.75, 3.05) is 11.5 Å². The Hall–Kier alpha value is -3.65. The highest BCUT2D eigenvalue weighted by Gasteiger charge is 2.24. The first kappa shape index (κ1) is 25.4. The summed E-state index contributed by atoms with van der Waals surface area (Å²) in [6, 6.07) is 8.05. The van der Waals surface area contributed by atoms with E-state index >= 15 is 0 Å². The molecule has 1 amide bonds. The van der Waals surface area contributed by atoms with Gasteiger partial charge in [0, 0.05) is 35.0 Å². The first-order chi connectivity index (χ1) is 17.2. The number of hydrogen-bond acceptors (Lipinski definition) is 5. The Balaban J connectivity index is 1.83. The van der Waals surface area contributed by atoms with Crippen LogP contribution >= 0.6 is 0 Å². The smallest absolute Gasteiger partial charge is 0.243 e. The van der Waals surface area contributed by atoms with Gasteiger partial charge < -0.3 is 15.6 Å². The van der Waals surface area contributed by atoms with Crippen molar-refractivity contribution in [1.82, 2.24) is 19.9 Å². The number of nitrogens with two attached hydrogens (primary N) is 1. The summed E-state index contributed by atoms with van der Waals surface area (Å²) in [5.41, 5.74) is 12.0. The van der Waals surface area contributed by atoms with E-state index in [1.165, 1.54) is 12.4 Å². The maximum atomic E-state index is 13.6. The molecule has 0 saturated heterocycles. The van der Waals surface area contributed by atoms with Crippen LogP contribution in [0, 0.1) is 0 Å². The van der Waals surface area contributed by atoms with E-state index in [1.807, 2.05) is 68.8 Å². The number of fused-ring (bicyclic) bond motifs is 1. The highest BCUT2D eigenvalue weighted by Crippen LogP contribution is 2.40. The monoisotopic (exact) mass is 503 g/mol. The van der Waals surface area contributed by atoms with Crippen LogP contribution < -0.4 is 11.1 Å². The average Bonchev–Trinajstić information content (AvgIpc) is 3.20. The third kappa shape index (κ3) is 4.48. The molecule has 1 unspecified atom stereocenters. The molecule has 0 aliphatic heterocycles. The minimum absolute atomic E-state index is 0.0871. The zero-order valence-corrected chi connectivity index (χ0v) is 22.1. The molecule has 0 radical (unpaired) electrons. The molecule has 1 atom stereocenters. The van der Waals surface area contributed by atoms with Gasteiger partial charge in [-0.3, -0.25) is 9.00 Å². The third-order valence-corrected chi connectivity index (χ3v) is 10.3. The van der Waals surface area contributed by atoms with E-state index in [4.69, 9.17) is 5.73 Å². The molecular formula is C28H33N5O2S. The lowest BCUT2D eigenvalue weighted by molar-refractivity contribution is -0.116. The van der Waals surface area contributed by atoms with Gasteiger partial charge in [0.05, 0.1) is 11.1 Å². The molecule has 1 aromatic carbocycles. The summed E-state index contributed by atoms with van der Waals surface area (Å²) in [7, 11) is -0.111. The fourth-order valence-corrected chi connectivity index (χ4v) is 7.04. The summed E-state index contributed by atoms with van der Waals surface area (Å²) in [4.78, 5) is 21.3. The lowest BCUT2D eigenvalue weighted by Gasteiger charge is -2.20. The molecule has 4 rings (SSSR count). The number of hydrogen-bond donors (Lipinski definition) is 2. The summed E-state index contributed by atoms with van der Waals surface area (Å²) >= 11 is 0. The Morgan fingerprint density at radius 1 is 1.25 bits per heavy atom. The highest BCUT2D eigenvalue weighted by molar-refractivity contribution is 8.03. The molecule has 188 valence electrons. The number of benzene rings is 1. The molecule has 0 saturated carbocycles. The predicted molar refractivity (Wildman–Crippen MR) is 151 cm³/mol. The molecule has 0 bridgehead atoms. The van der Waals surface area contributed by atoms with Gasteiger partial charge in [0.25, 0.3) is 0 Å². The molecule has 7 nitrogen and oxygen atoms in total. The van der Waals surface area contributed by atoms with Crippen molar-refractivity contribution in [3.8, 4) is 11.3 Å². The normalized spacial score (nSPS) is 15.1. The van der Waals surface area contributed by atoms with Crippen LogP contribution in [0.2, 0.25) is 0 Å². The lowest BCUT2D eigenvalue weighted by Crippen LogP contribution is -2.24. The van der Waals surface area contributed by atoms with E-state index in [2.05, 4.69) is 27.9 Å². The Morgan fingerprint density at radius 3 is 2.56 bits per heavy atom. The van der Waals surface area contributed by atoms with Crippen LogP contribution in [0.1, 0.15) is 38.3 Å². The molecule has 2 aromatic heterocycles. The van der Waals surface area contributed by atoms with Crippen molar-refractivity contribution >= 4 is 42.7 Å². The molecule has 1 aliphatic carbocycles. The fraction of sp³-hybridized carbons (Fsp3) is 0.286. The second kappa shape index (κ2) is 10.1. The molecule has 3 aromatic rings. The standard InChI is InChI=1S/C28H33N5O2S/c1-6-23(34)30-16-19-8-10-21(11-9-19)26-24(25-27(29)31-17-32-28(25)33(26)5)20-12-14-22(15-13-20)36(35,7-2)18(3)4/h6,8-14,17-18H,1,7,15-16H2,2-5H3,(H,30,34)(H2,29,31,32).